The van der Waals surface area contributed by atoms with Crippen LogP contribution >= 0.6 is 0 Å². The molecule has 1 heteroatoms. The maximum absolute atomic E-state index is 5.19. The van der Waals surface area contributed by atoms with Crippen molar-refractivity contribution in [2.24, 2.45) is 10.4 Å². The van der Waals surface area contributed by atoms with Gasteiger partial charge in [-0.1, -0.05) is 261 Å². The summed E-state index contributed by atoms with van der Waals surface area (Å²) in [6.45, 7) is 46.8. The van der Waals surface area contributed by atoms with Gasteiger partial charge in [0, 0.05) is 17.2 Å². The molecule has 0 unspecified atom stereocenters. The van der Waals surface area contributed by atoms with Gasteiger partial charge in [-0.3, -0.25) is 4.99 Å². The highest BCUT2D eigenvalue weighted by atomic mass is 14.7. The number of rotatable bonds is 12. The van der Waals surface area contributed by atoms with Crippen LogP contribution in [0.15, 0.2) is 249 Å². The number of hydrogen-bond acceptors (Lipinski definition) is 1. The maximum atomic E-state index is 5.19. The summed E-state index contributed by atoms with van der Waals surface area (Å²) in [7, 11) is 0. The van der Waals surface area contributed by atoms with E-state index < -0.39 is 0 Å². The number of aliphatic imine (C=N–C) groups is 1. The number of fused-ring (bicyclic) bond motifs is 3. The highest BCUT2D eigenvalue weighted by molar-refractivity contribution is 6.28. The van der Waals surface area contributed by atoms with E-state index in [-0.39, 0.29) is 5.41 Å². The largest absolute Gasteiger partial charge is 0.256 e. The fourth-order valence-corrected chi connectivity index (χ4v) is 8.30. The molecule has 0 N–H and O–H groups in total. The molecule has 70 heavy (non-hydrogen) atoms. The Morgan fingerprint density at radius 3 is 1.56 bits per heavy atom. The summed E-state index contributed by atoms with van der Waals surface area (Å²) in [5.74, 6) is 0. The van der Waals surface area contributed by atoms with E-state index in [2.05, 4.69) is 228 Å². The molecule has 0 saturated carbocycles. The average Bonchev–Trinajstić information content (AvgIpc) is 3.58. The second-order valence-corrected chi connectivity index (χ2v) is 19.1. The third-order valence-corrected chi connectivity index (χ3v) is 12.8. The highest BCUT2D eigenvalue weighted by Crippen LogP contribution is 2.49. The smallest absolute Gasteiger partial charge is 0.0708 e. The third-order valence-electron chi connectivity index (χ3n) is 12.8. The lowest BCUT2D eigenvalue weighted by Gasteiger charge is -2.23. The van der Waals surface area contributed by atoms with Gasteiger partial charge in [-0.05, 0) is 137 Å². The molecule has 7 rings (SSSR count). The number of nitrogens with zero attached hydrogens (tertiary/aromatic N) is 1. The minimum atomic E-state index is -0.126. The Labute approximate surface area is 423 Å². The van der Waals surface area contributed by atoms with E-state index in [0.29, 0.717) is 5.41 Å². The molecule has 0 amide bonds. The normalized spacial score (nSPS) is 13.2. The lowest BCUT2D eigenvalue weighted by molar-refractivity contribution is 0.506. The molecule has 0 heterocycles. The molecule has 1 nitrogen and oxygen atoms in total. The molecule has 358 valence electrons. The number of allylic oxidation sites excluding steroid dienone is 15. The van der Waals surface area contributed by atoms with Crippen LogP contribution in [-0.2, 0) is 5.41 Å². The molecular formula is C69H77N. The van der Waals surface area contributed by atoms with Gasteiger partial charge in [0.1, 0.15) is 0 Å². The van der Waals surface area contributed by atoms with Crippen molar-refractivity contribution in [1.82, 2.24) is 0 Å². The summed E-state index contributed by atoms with van der Waals surface area (Å²) in [6, 6.07) is 43.5. The molecule has 0 radical (unpaired) electrons. The molecule has 0 saturated heterocycles. The quantitative estimate of drug-likeness (QED) is 0.0502. The van der Waals surface area contributed by atoms with Crippen LogP contribution in [-0.4, -0.2) is 5.71 Å². The zero-order valence-electron chi connectivity index (χ0n) is 44.2. The second kappa shape index (κ2) is 25.9. The van der Waals surface area contributed by atoms with Gasteiger partial charge in [0.25, 0.3) is 0 Å². The van der Waals surface area contributed by atoms with E-state index >= 15 is 0 Å². The van der Waals surface area contributed by atoms with Crippen LogP contribution in [0.4, 0.5) is 0 Å². The molecule has 0 aliphatic heterocycles. The first-order valence-corrected chi connectivity index (χ1v) is 24.4. The summed E-state index contributed by atoms with van der Waals surface area (Å²) in [4.78, 5) is 5.19. The Hall–Kier alpha value is -7.35. The van der Waals surface area contributed by atoms with Crippen molar-refractivity contribution < 1.29 is 0 Å². The second-order valence-electron chi connectivity index (χ2n) is 19.1. The monoisotopic (exact) mass is 920 g/mol. The van der Waals surface area contributed by atoms with Crippen molar-refractivity contribution in [3.05, 3.63) is 266 Å². The third kappa shape index (κ3) is 13.5. The summed E-state index contributed by atoms with van der Waals surface area (Å²) in [5, 5.41) is 4.70. The van der Waals surface area contributed by atoms with Gasteiger partial charge in [0.15, 0.2) is 0 Å². The zero-order valence-corrected chi connectivity index (χ0v) is 44.2. The summed E-state index contributed by atoms with van der Waals surface area (Å²) < 4.78 is 0. The van der Waals surface area contributed by atoms with Crippen LogP contribution in [0.3, 0.4) is 0 Å². The first kappa shape index (κ1) is 55.2. The minimum absolute atomic E-state index is 0.126. The maximum Gasteiger partial charge on any atom is 0.0708 e. The Kier molecular flexibility index (Phi) is 20.4. The van der Waals surface area contributed by atoms with Gasteiger partial charge in [-0.25, -0.2) is 0 Å². The molecule has 1 aliphatic rings. The summed E-state index contributed by atoms with van der Waals surface area (Å²) >= 11 is 0. The topological polar surface area (TPSA) is 12.4 Å². The van der Waals surface area contributed by atoms with Crippen molar-refractivity contribution in [2.75, 3.05) is 0 Å². The van der Waals surface area contributed by atoms with Gasteiger partial charge in [0.05, 0.1) is 5.71 Å². The lowest BCUT2D eigenvalue weighted by Crippen LogP contribution is -2.16. The van der Waals surface area contributed by atoms with Gasteiger partial charge in [0.2, 0.25) is 0 Å². The van der Waals surface area contributed by atoms with Gasteiger partial charge < -0.3 is 0 Å². The molecule has 6 aromatic rings. The molecule has 0 fully saturated rings. The van der Waals surface area contributed by atoms with Crippen molar-refractivity contribution in [3.8, 4) is 22.3 Å². The average molecular weight is 920 g/mol. The first-order chi connectivity index (χ1) is 33.4. The van der Waals surface area contributed by atoms with Crippen molar-refractivity contribution in [1.29, 1.82) is 0 Å². The standard InChI is InChI=1S/C48H41N.C10H14.C7H14.C4H8/c1-7-18-41-42(8-2)48(5,6)43-26-17-25-36(46(41)43)32(4)31-49-44(9-3)47-39-23-15-13-21-37(39)45(38-22-14-16-24-40(38)47)35-29-27-34(28-30-35)33-19-11-10-12-20-33;1-5-7-10(4)8-9(3)6-2;1-6(2)7(3,4)5;1-3-4-2/h7-31H,2-3H2,1,4-6H3;5-7H,2-4,8H2,1H3;1H2,2-5H3;3-4H,1-2H3/b18-7-,32-31+,49-44?;7-5-;;4-3-. The van der Waals surface area contributed by atoms with Crippen LogP contribution in [0, 0.1) is 5.41 Å². The Balaban J connectivity index is 0.000000425. The number of hydrogen-bond donors (Lipinski definition) is 0. The van der Waals surface area contributed by atoms with Gasteiger partial charge in [-0.2, -0.15) is 0 Å². The SMILES string of the molecule is C/C=C\C.C=C(C)C(C)(C)C.C=CC(=C)CC(=C)/C=C\C.C=CC(=N/C=C(\C)c1cccc2c1C(/C=C\C)=C(C=C)C2(C)C)c1c2ccccc2c(-c2ccc(-c3ccccc3)cc2)c2ccccc12. The van der Waals surface area contributed by atoms with E-state index in [1.165, 1.54) is 66.4 Å². The van der Waals surface area contributed by atoms with Crippen molar-refractivity contribution >= 4 is 38.4 Å². The van der Waals surface area contributed by atoms with E-state index in [1.54, 1.807) is 6.08 Å². The van der Waals surface area contributed by atoms with Crippen molar-refractivity contribution in [2.45, 2.75) is 88.0 Å². The number of benzene rings is 6. The molecule has 1 aliphatic carbocycles. The molecule has 0 bridgehead atoms. The van der Waals surface area contributed by atoms with Crippen LogP contribution in [0.25, 0.3) is 54.9 Å². The van der Waals surface area contributed by atoms with Crippen molar-refractivity contribution in [3.63, 3.8) is 0 Å². The Bertz CT molecular complexity index is 2970. The van der Waals surface area contributed by atoms with E-state index in [4.69, 9.17) is 4.99 Å². The molecule has 0 spiro atoms. The van der Waals surface area contributed by atoms with E-state index in [9.17, 15) is 0 Å². The highest BCUT2D eigenvalue weighted by Gasteiger charge is 2.36. The van der Waals surface area contributed by atoms with E-state index in [1.807, 2.05) is 63.4 Å². The van der Waals surface area contributed by atoms with Crippen LogP contribution < -0.4 is 0 Å². The van der Waals surface area contributed by atoms with E-state index in [0.717, 1.165) is 45.2 Å². The lowest BCUT2D eigenvalue weighted by atomic mass is 9.80. The minimum Gasteiger partial charge on any atom is -0.256 e. The zero-order chi connectivity index (χ0) is 51.6. The summed E-state index contributed by atoms with van der Waals surface area (Å²) in [5.41, 5.74) is 17.7. The predicted octanol–water partition coefficient (Wildman–Crippen LogP) is 20.6. The molecule has 0 aromatic heterocycles. The molecule has 0 atom stereocenters. The molecule has 6 aromatic carbocycles. The van der Waals surface area contributed by atoms with Crippen LogP contribution in [0.2, 0.25) is 0 Å². The molecular weight excluding hydrogens is 843 g/mol. The Morgan fingerprint density at radius 1 is 0.571 bits per heavy atom. The fraction of sp³-hybridized carbons (Fsp3) is 0.203. The van der Waals surface area contributed by atoms with Crippen LogP contribution in [0.1, 0.15) is 105 Å². The predicted molar refractivity (Wildman–Crippen MR) is 317 cm³/mol. The van der Waals surface area contributed by atoms with Crippen LogP contribution in [0.5, 0.6) is 0 Å². The van der Waals surface area contributed by atoms with Gasteiger partial charge >= 0.3 is 0 Å². The van der Waals surface area contributed by atoms with Gasteiger partial charge in [-0.15, -0.1) is 0 Å². The first-order valence-electron chi connectivity index (χ1n) is 24.4. The fourth-order valence-electron chi connectivity index (χ4n) is 8.30. The Morgan fingerprint density at radius 2 is 1.09 bits per heavy atom. The summed E-state index contributed by atoms with van der Waals surface area (Å²) in [6.07, 6.45) is 20.8.